The van der Waals surface area contributed by atoms with Gasteiger partial charge < -0.3 is 9.15 Å². The summed E-state index contributed by atoms with van der Waals surface area (Å²) in [6, 6.07) is 27.5. The molecule has 6 heteroatoms. The van der Waals surface area contributed by atoms with E-state index in [0.717, 1.165) is 28.0 Å². The lowest BCUT2D eigenvalue weighted by Gasteiger charge is -2.19. The zero-order chi connectivity index (χ0) is 22.6. The monoisotopic (exact) mass is 454 g/mol. The molecule has 0 aliphatic carbocycles. The zero-order valence-corrected chi connectivity index (χ0v) is 18.9. The summed E-state index contributed by atoms with van der Waals surface area (Å²) in [6.07, 6.45) is 2.44. The van der Waals surface area contributed by atoms with Crippen molar-refractivity contribution in [3.63, 3.8) is 0 Å². The van der Waals surface area contributed by atoms with E-state index in [0.29, 0.717) is 23.0 Å². The van der Waals surface area contributed by atoms with Crippen LogP contribution in [0.25, 0.3) is 10.2 Å². The minimum Gasteiger partial charge on any atom is -0.497 e. The van der Waals surface area contributed by atoms with Crippen LogP contribution in [-0.4, -0.2) is 18.0 Å². The third-order valence-corrected chi connectivity index (χ3v) is 6.46. The lowest BCUT2D eigenvalue weighted by Crippen LogP contribution is -2.30. The Balaban J connectivity index is 1.44. The predicted octanol–water partition coefficient (Wildman–Crippen LogP) is 6.34. The van der Waals surface area contributed by atoms with E-state index in [1.165, 1.54) is 16.9 Å². The molecule has 0 aliphatic rings. The van der Waals surface area contributed by atoms with Gasteiger partial charge >= 0.3 is 0 Å². The Kier molecular flexibility index (Phi) is 5.91. The molecule has 1 amide bonds. The minimum absolute atomic E-state index is 0.122. The number of carbonyl (C=O) groups is 1. The summed E-state index contributed by atoms with van der Waals surface area (Å²) in [4.78, 5) is 20.0. The number of hydrogen-bond acceptors (Lipinski definition) is 5. The van der Waals surface area contributed by atoms with Gasteiger partial charge in [-0.1, -0.05) is 53.8 Å². The molecule has 0 fully saturated rings. The molecule has 0 unspecified atom stereocenters. The van der Waals surface area contributed by atoms with E-state index in [-0.39, 0.29) is 5.91 Å². The first-order chi connectivity index (χ1) is 16.2. The Morgan fingerprint density at radius 3 is 2.48 bits per heavy atom. The first-order valence-electron chi connectivity index (χ1n) is 10.6. The highest BCUT2D eigenvalue weighted by molar-refractivity contribution is 7.22. The average Bonchev–Trinajstić information content (AvgIpc) is 3.52. The van der Waals surface area contributed by atoms with Crippen LogP contribution in [0, 0.1) is 0 Å². The molecule has 2 aromatic heterocycles. The van der Waals surface area contributed by atoms with Gasteiger partial charge in [0.15, 0.2) is 5.13 Å². The molecule has 0 spiro atoms. The minimum atomic E-state index is -0.122. The van der Waals surface area contributed by atoms with E-state index < -0.39 is 0 Å². The highest BCUT2D eigenvalue weighted by Gasteiger charge is 2.23. The summed E-state index contributed by atoms with van der Waals surface area (Å²) in [7, 11) is 1.63. The van der Waals surface area contributed by atoms with Crippen molar-refractivity contribution in [1.82, 2.24) is 4.98 Å². The van der Waals surface area contributed by atoms with Gasteiger partial charge in [0.2, 0.25) is 0 Å². The maximum Gasteiger partial charge on any atom is 0.260 e. The van der Waals surface area contributed by atoms with Gasteiger partial charge in [-0.2, -0.15) is 0 Å². The summed E-state index contributed by atoms with van der Waals surface area (Å²) in [5.74, 6) is 1.31. The highest BCUT2D eigenvalue weighted by atomic mass is 32.1. The Labute approximate surface area is 195 Å². The first kappa shape index (κ1) is 21.0. The number of fused-ring (bicyclic) bond motifs is 1. The Hall–Kier alpha value is -3.90. The lowest BCUT2D eigenvalue weighted by atomic mass is 10.0. The number of thiazole rings is 1. The lowest BCUT2D eigenvalue weighted by molar-refractivity contribution is 0.0983. The first-order valence-corrected chi connectivity index (χ1v) is 11.4. The van der Waals surface area contributed by atoms with Crippen LogP contribution < -0.4 is 9.64 Å². The molecule has 0 radical (unpaired) electrons. The largest absolute Gasteiger partial charge is 0.497 e. The SMILES string of the molecule is COc1ccc2sc(N(Cc3ccco3)C(=O)c3ccc(Cc4ccccc4)cc3)nc2c1. The molecule has 2 heterocycles. The zero-order valence-electron chi connectivity index (χ0n) is 18.1. The summed E-state index contributed by atoms with van der Waals surface area (Å²) < 4.78 is 11.8. The van der Waals surface area contributed by atoms with Crippen molar-refractivity contribution >= 4 is 32.6 Å². The number of furan rings is 1. The number of amides is 1. The quantitative estimate of drug-likeness (QED) is 0.288. The van der Waals surface area contributed by atoms with Gasteiger partial charge in [-0.05, 0) is 53.9 Å². The fourth-order valence-electron chi connectivity index (χ4n) is 3.67. The average molecular weight is 455 g/mol. The molecule has 164 valence electrons. The molecule has 0 saturated heterocycles. The molecule has 5 rings (SSSR count). The van der Waals surface area contributed by atoms with E-state index in [1.807, 2.05) is 72.8 Å². The summed E-state index contributed by atoms with van der Waals surface area (Å²) in [5.41, 5.74) is 3.79. The smallest absolute Gasteiger partial charge is 0.260 e. The number of nitrogens with zero attached hydrogens (tertiary/aromatic N) is 2. The molecule has 0 bridgehead atoms. The third-order valence-electron chi connectivity index (χ3n) is 5.41. The van der Waals surface area contributed by atoms with Gasteiger partial charge in [0.1, 0.15) is 11.5 Å². The number of benzene rings is 3. The summed E-state index contributed by atoms with van der Waals surface area (Å²) >= 11 is 1.47. The van der Waals surface area contributed by atoms with Gasteiger partial charge in [0.05, 0.1) is 30.1 Å². The van der Waals surface area contributed by atoms with Crippen LogP contribution in [0.15, 0.2) is 95.6 Å². The van der Waals surface area contributed by atoms with Crippen LogP contribution in [0.4, 0.5) is 5.13 Å². The van der Waals surface area contributed by atoms with Gasteiger partial charge in [-0.3, -0.25) is 9.69 Å². The number of anilines is 1. The van der Waals surface area contributed by atoms with Crippen LogP contribution in [0.3, 0.4) is 0 Å². The topological polar surface area (TPSA) is 55.6 Å². The molecule has 0 aliphatic heterocycles. The van der Waals surface area contributed by atoms with E-state index in [2.05, 4.69) is 12.1 Å². The van der Waals surface area contributed by atoms with E-state index in [4.69, 9.17) is 14.1 Å². The van der Waals surface area contributed by atoms with E-state index in [9.17, 15) is 4.79 Å². The summed E-state index contributed by atoms with van der Waals surface area (Å²) in [6.45, 7) is 0.300. The Morgan fingerprint density at radius 1 is 0.970 bits per heavy atom. The van der Waals surface area contributed by atoms with Crippen molar-refractivity contribution < 1.29 is 13.9 Å². The van der Waals surface area contributed by atoms with Gasteiger partial charge in [-0.15, -0.1) is 0 Å². The highest BCUT2D eigenvalue weighted by Crippen LogP contribution is 2.33. The van der Waals surface area contributed by atoms with Gasteiger partial charge in [-0.25, -0.2) is 4.98 Å². The number of ether oxygens (including phenoxy) is 1. The van der Waals surface area contributed by atoms with Crippen molar-refractivity contribution in [3.05, 3.63) is 114 Å². The van der Waals surface area contributed by atoms with Gasteiger partial charge in [0, 0.05) is 11.6 Å². The van der Waals surface area contributed by atoms with Crippen molar-refractivity contribution in [2.24, 2.45) is 0 Å². The second-order valence-corrected chi connectivity index (χ2v) is 8.67. The fraction of sp³-hybridized carbons (Fsp3) is 0.111. The number of methoxy groups -OCH3 is 1. The van der Waals surface area contributed by atoms with Gasteiger partial charge in [0.25, 0.3) is 5.91 Å². The van der Waals surface area contributed by atoms with Crippen molar-refractivity contribution in [2.45, 2.75) is 13.0 Å². The molecule has 5 nitrogen and oxygen atoms in total. The van der Waals surface area contributed by atoms with Crippen molar-refractivity contribution in [3.8, 4) is 5.75 Å². The third kappa shape index (κ3) is 4.66. The number of hydrogen-bond donors (Lipinski definition) is 0. The predicted molar refractivity (Wildman–Crippen MR) is 131 cm³/mol. The van der Waals surface area contributed by atoms with Crippen molar-refractivity contribution in [2.75, 3.05) is 12.0 Å². The fourth-order valence-corrected chi connectivity index (χ4v) is 4.62. The molecular weight excluding hydrogens is 432 g/mol. The molecular formula is C27H22N2O3S. The summed E-state index contributed by atoms with van der Waals surface area (Å²) in [5, 5.41) is 0.619. The molecule has 0 saturated carbocycles. The standard InChI is InChI=1S/C27H22N2O3S/c1-31-22-13-14-25-24(17-22)28-27(33-25)29(18-23-8-5-15-32-23)26(30)21-11-9-20(10-12-21)16-19-6-3-2-4-7-19/h2-15,17H,16,18H2,1H3. The molecule has 33 heavy (non-hydrogen) atoms. The molecule has 5 aromatic rings. The maximum absolute atomic E-state index is 13.6. The second kappa shape index (κ2) is 9.30. The van der Waals surface area contributed by atoms with Crippen LogP contribution in [0.5, 0.6) is 5.75 Å². The second-order valence-electron chi connectivity index (χ2n) is 7.66. The van der Waals surface area contributed by atoms with Crippen LogP contribution in [-0.2, 0) is 13.0 Å². The Bertz CT molecular complexity index is 1360. The number of rotatable bonds is 7. The molecule has 3 aromatic carbocycles. The molecule has 0 atom stereocenters. The number of carbonyl (C=O) groups excluding carboxylic acids is 1. The van der Waals surface area contributed by atoms with E-state index >= 15 is 0 Å². The Morgan fingerprint density at radius 2 is 1.76 bits per heavy atom. The van der Waals surface area contributed by atoms with E-state index in [1.54, 1.807) is 18.3 Å². The normalized spacial score (nSPS) is 10.9. The van der Waals surface area contributed by atoms with Crippen LogP contribution >= 0.6 is 11.3 Å². The molecule has 0 N–H and O–H groups in total. The van der Waals surface area contributed by atoms with Crippen LogP contribution in [0.2, 0.25) is 0 Å². The maximum atomic E-state index is 13.6. The van der Waals surface area contributed by atoms with Crippen LogP contribution in [0.1, 0.15) is 27.2 Å². The van der Waals surface area contributed by atoms with Crippen molar-refractivity contribution in [1.29, 1.82) is 0 Å². The number of aromatic nitrogens is 1.